The minimum absolute atomic E-state index is 0.123. The predicted octanol–water partition coefficient (Wildman–Crippen LogP) is 2.91. The molecule has 0 amide bonds. The first-order valence-electron chi connectivity index (χ1n) is 3.30. The minimum Gasteiger partial charge on any atom is -0.404 e. The smallest absolute Gasteiger partial charge is 0.404 e. The molecule has 0 radical (unpaired) electrons. The van der Waals surface area contributed by atoms with Crippen LogP contribution in [0.15, 0.2) is 12.1 Å². The standard InChI is InChI=1S/C7H4F4INO/c8-4-1-3(13)2-5(6(4)12)14-7(9,10)11/h1-2H,13H2. The summed E-state index contributed by atoms with van der Waals surface area (Å²) in [5.74, 6) is -1.47. The van der Waals surface area contributed by atoms with Crippen LogP contribution in [0.5, 0.6) is 5.75 Å². The van der Waals surface area contributed by atoms with Gasteiger partial charge < -0.3 is 10.5 Å². The molecule has 1 rings (SSSR count). The third-order valence-corrected chi connectivity index (χ3v) is 2.29. The van der Waals surface area contributed by atoms with Gasteiger partial charge in [0.1, 0.15) is 11.6 Å². The van der Waals surface area contributed by atoms with E-state index in [9.17, 15) is 17.6 Å². The molecule has 2 N–H and O–H groups in total. The highest BCUT2D eigenvalue weighted by atomic mass is 127. The van der Waals surface area contributed by atoms with Crippen LogP contribution < -0.4 is 10.5 Å². The Morgan fingerprint density at radius 1 is 1.29 bits per heavy atom. The number of hydrogen-bond donors (Lipinski definition) is 1. The lowest BCUT2D eigenvalue weighted by Crippen LogP contribution is -2.18. The number of rotatable bonds is 1. The fraction of sp³-hybridized carbons (Fsp3) is 0.143. The predicted molar refractivity (Wildman–Crippen MR) is 50.2 cm³/mol. The first-order valence-corrected chi connectivity index (χ1v) is 4.38. The van der Waals surface area contributed by atoms with Gasteiger partial charge in [-0.25, -0.2) is 4.39 Å². The third-order valence-electron chi connectivity index (χ3n) is 1.24. The normalized spacial score (nSPS) is 11.5. The van der Waals surface area contributed by atoms with E-state index in [-0.39, 0.29) is 9.26 Å². The van der Waals surface area contributed by atoms with Crippen LogP contribution in [0.2, 0.25) is 0 Å². The van der Waals surface area contributed by atoms with Crippen LogP contribution in [0.3, 0.4) is 0 Å². The second kappa shape index (κ2) is 3.79. The lowest BCUT2D eigenvalue weighted by Gasteiger charge is -2.11. The molecule has 0 saturated carbocycles. The molecule has 0 atom stereocenters. The van der Waals surface area contributed by atoms with E-state index in [1.54, 1.807) is 0 Å². The molecular formula is C7H4F4INO. The van der Waals surface area contributed by atoms with Gasteiger partial charge in [-0.1, -0.05) is 0 Å². The zero-order valence-electron chi connectivity index (χ0n) is 6.53. The van der Waals surface area contributed by atoms with E-state index in [0.29, 0.717) is 0 Å². The number of benzene rings is 1. The van der Waals surface area contributed by atoms with Gasteiger partial charge in [0.2, 0.25) is 0 Å². The van der Waals surface area contributed by atoms with E-state index >= 15 is 0 Å². The Bertz CT molecular complexity index is 352. The molecule has 0 aliphatic rings. The Hall–Kier alpha value is -0.730. The first kappa shape index (κ1) is 11.3. The van der Waals surface area contributed by atoms with Crippen LogP contribution in [0.25, 0.3) is 0 Å². The van der Waals surface area contributed by atoms with E-state index in [1.807, 2.05) is 0 Å². The molecule has 7 heteroatoms. The SMILES string of the molecule is Nc1cc(F)c(I)c(OC(F)(F)F)c1. The average Bonchev–Trinajstić information content (AvgIpc) is 1.96. The van der Waals surface area contributed by atoms with Crippen molar-refractivity contribution in [2.75, 3.05) is 5.73 Å². The third kappa shape index (κ3) is 2.89. The second-order valence-corrected chi connectivity index (χ2v) is 3.44. The lowest BCUT2D eigenvalue weighted by atomic mass is 10.3. The summed E-state index contributed by atoms with van der Waals surface area (Å²) in [5.41, 5.74) is 5.03. The summed E-state index contributed by atoms with van der Waals surface area (Å²) in [5, 5.41) is 0. The minimum atomic E-state index is -4.85. The van der Waals surface area contributed by atoms with Gasteiger partial charge in [-0.15, -0.1) is 13.2 Å². The van der Waals surface area contributed by atoms with Crippen molar-refractivity contribution in [1.29, 1.82) is 0 Å². The zero-order valence-corrected chi connectivity index (χ0v) is 8.69. The maximum Gasteiger partial charge on any atom is 0.573 e. The summed E-state index contributed by atoms with van der Waals surface area (Å²) in [7, 11) is 0. The van der Waals surface area contributed by atoms with Gasteiger partial charge >= 0.3 is 6.36 Å². The molecular weight excluding hydrogens is 317 g/mol. The van der Waals surface area contributed by atoms with Crippen molar-refractivity contribution in [3.8, 4) is 5.75 Å². The van der Waals surface area contributed by atoms with Gasteiger partial charge in [0, 0.05) is 11.8 Å². The van der Waals surface area contributed by atoms with Crippen LogP contribution >= 0.6 is 22.6 Å². The highest BCUT2D eigenvalue weighted by Gasteiger charge is 2.32. The van der Waals surface area contributed by atoms with Crippen molar-refractivity contribution >= 4 is 28.3 Å². The van der Waals surface area contributed by atoms with Crippen molar-refractivity contribution in [2.45, 2.75) is 6.36 Å². The largest absolute Gasteiger partial charge is 0.573 e. The van der Waals surface area contributed by atoms with Crippen molar-refractivity contribution in [2.24, 2.45) is 0 Å². The molecule has 0 aliphatic heterocycles. The van der Waals surface area contributed by atoms with Crippen molar-refractivity contribution in [3.05, 3.63) is 21.5 Å². The highest BCUT2D eigenvalue weighted by molar-refractivity contribution is 14.1. The molecule has 0 aliphatic carbocycles. The molecule has 2 nitrogen and oxygen atoms in total. The molecule has 0 spiro atoms. The van der Waals surface area contributed by atoms with Gasteiger partial charge in [-0.3, -0.25) is 0 Å². The Morgan fingerprint density at radius 3 is 2.36 bits per heavy atom. The fourth-order valence-electron chi connectivity index (χ4n) is 0.783. The summed E-state index contributed by atoms with van der Waals surface area (Å²) in [6, 6.07) is 1.84. The first-order chi connectivity index (χ1) is 6.29. The van der Waals surface area contributed by atoms with Crippen LogP contribution in [0.4, 0.5) is 23.2 Å². The molecule has 1 aromatic carbocycles. The second-order valence-electron chi connectivity index (χ2n) is 2.36. The molecule has 0 saturated heterocycles. The van der Waals surface area contributed by atoms with Gasteiger partial charge in [0.05, 0.1) is 3.57 Å². The maximum absolute atomic E-state index is 12.9. The van der Waals surface area contributed by atoms with Crippen LogP contribution in [-0.4, -0.2) is 6.36 Å². The number of ether oxygens (including phenoxy) is 1. The summed E-state index contributed by atoms with van der Waals surface area (Å²) in [6.07, 6.45) is -4.85. The molecule has 0 unspecified atom stereocenters. The molecule has 1 aromatic rings. The molecule has 0 fully saturated rings. The van der Waals surface area contributed by atoms with Gasteiger partial charge in [-0.05, 0) is 28.7 Å². The lowest BCUT2D eigenvalue weighted by molar-refractivity contribution is -0.275. The summed E-state index contributed by atoms with van der Waals surface area (Å²) in [6.45, 7) is 0. The van der Waals surface area contributed by atoms with E-state index in [0.717, 1.165) is 12.1 Å². The van der Waals surface area contributed by atoms with E-state index in [4.69, 9.17) is 5.73 Å². The highest BCUT2D eigenvalue weighted by Crippen LogP contribution is 2.31. The number of hydrogen-bond acceptors (Lipinski definition) is 2. The Morgan fingerprint density at radius 2 is 1.86 bits per heavy atom. The molecule has 0 heterocycles. The Balaban J connectivity index is 3.09. The molecule has 14 heavy (non-hydrogen) atoms. The van der Waals surface area contributed by atoms with Gasteiger partial charge in [0.15, 0.2) is 0 Å². The monoisotopic (exact) mass is 321 g/mol. The average molecular weight is 321 g/mol. The van der Waals surface area contributed by atoms with Gasteiger partial charge in [-0.2, -0.15) is 0 Å². The molecule has 78 valence electrons. The number of alkyl halides is 3. The summed E-state index contributed by atoms with van der Waals surface area (Å²) < 4.78 is 51.6. The van der Waals surface area contributed by atoms with Crippen molar-refractivity contribution < 1.29 is 22.3 Å². The van der Waals surface area contributed by atoms with Crippen LogP contribution in [-0.2, 0) is 0 Å². The van der Waals surface area contributed by atoms with Crippen LogP contribution in [0, 0.1) is 9.39 Å². The quantitative estimate of drug-likeness (QED) is 0.490. The summed E-state index contributed by atoms with van der Waals surface area (Å²) >= 11 is 1.41. The molecule has 0 bridgehead atoms. The molecule has 0 aromatic heterocycles. The van der Waals surface area contributed by atoms with E-state index < -0.39 is 17.9 Å². The van der Waals surface area contributed by atoms with E-state index in [2.05, 4.69) is 4.74 Å². The van der Waals surface area contributed by atoms with Crippen molar-refractivity contribution in [1.82, 2.24) is 0 Å². The Kier molecular flexibility index (Phi) is 3.07. The number of halogens is 5. The van der Waals surface area contributed by atoms with Gasteiger partial charge in [0.25, 0.3) is 0 Å². The summed E-state index contributed by atoms with van der Waals surface area (Å²) in [4.78, 5) is 0. The van der Waals surface area contributed by atoms with Crippen LogP contribution in [0.1, 0.15) is 0 Å². The number of nitrogens with two attached hydrogens (primary N) is 1. The maximum atomic E-state index is 12.9. The van der Waals surface area contributed by atoms with Crippen molar-refractivity contribution in [3.63, 3.8) is 0 Å². The van der Waals surface area contributed by atoms with E-state index in [1.165, 1.54) is 22.6 Å². The number of nitrogen functional groups attached to an aromatic ring is 1. The zero-order chi connectivity index (χ0) is 10.9. The topological polar surface area (TPSA) is 35.2 Å². The Labute approximate surface area is 90.2 Å². The number of anilines is 1. The fourth-order valence-corrected chi connectivity index (χ4v) is 1.20.